The van der Waals surface area contributed by atoms with Gasteiger partial charge in [-0.1, -0.05) is 32.4 Å². The van der Waals surface area contributed by atoms with Crippen molar-refractivity contribution in [2.24, 2.45) is 5.41 Å². The minimum absolute atomic E-state index is 0.0474. The summed E-state index contributed by atoms with van der Waals surface area (Å²) >= 11 is 0. The zero-order valence-corrected chi connectivity index (χ0v) is 18.4. The van der Waals surface area contributed by atoms with Crippen LogP contribution in [0.3, 0.4) is 0 Å². The van der Waals surface area contributed by atoms with E-state index in [1.165, 1.54) is 37.2 Å². The molecule has 3 aliphatic heterocycles. The first-order valence-electron chi connectivity index (χ1n) is 11.2. The molecular formula is C23H40N4O. The fraction of sp³-hybridized carbons (Fsp3) is 0.783. The fourth-order valence-electron chi connectivity index (χ4n) is 4.77. The first-order chi connectivity index (χ1) is 13.3. The summed E-state index contributed by atoms with van der Waals surface area (Å²) in [7, 11) is 0. The van der Waals surface area contributed by atoms with Crippen LogP contribution >= 0.6 is 0 Å². The highest BCUT2D eigenvalue weighted by molar-refractivity contribution is 5.80. The lowest BCUT2D eigenvalue weighted by Crippen LogP contribution is -2.65. The van der Waals surface area contributed by atoms with Gasteiger partial charge in [0, 0.05) is 18.8 Å². The number of hydrogen-bond donors (Lipinski definition) is 2. The number of carbonyl (C=O) groups is 1. The highest BCUT2D eigenvalue weighted by Crippen LogP contribution is 2.30. The third kappa shape index (κ3) is 5.60. The van der Waals surface area contributed by atoms with E-state index in [1.54, 1.807) is 0 Å². The van der Waals surface area contributed by atoms with Gasteiger partial charge in [0.25, 0.3) is 0 Å². The number of nitrogens with zero attached hydrogens (tertiary/aromatic N) is 2. The van der Waals surface area contributed by atoms with Gasteiger partial charge in [0.05, 0.1) is 12.1 Å². The zero-order valence-electron chi connectivity index (χ0n) is 18.4. The van der Waals surface area contributed by atoms with Gasteiger partial charge in [-0.3, -0.25) is 9.69 Å². The number of nitrogens with one attached hydrogen (secondary N) is 2. The predicted molar refractivity (Wildman–Crippen MR) is 116 cm³/mol. The molecule has 2 N–H and O–H groups in total. The number of rotatable bonds is 5. The normalized spacial score (nSPS) is 26.4. The third-order valence-corrected chi connectivity index (χ3v) is 6.80. The molecule has 28 heavy (non-hydrogen) atoms. The number of amides is 1. The summed E-state index contributed by atoms with van der Waals surface area (Å²) in [6.45, 7) is 16.1. The second-order valence-electron chi connectivity index (χ2n) is 9.90. The number of likely N-dealkylation sites (tertiary alicyclic amines) is 1. The topological polar surface area (TPSA) is 47.6 Å². The lowest BCUT2D eigenvalue weighted by Gasteiger charge is -2.47. The van der Waals surface area contributed by atoms with Gasteiger partial charge in [-0.2, -0.15) is 0 Å². The summed E-state index contributed by atoms with van der Waals surface area (Å²) in [6.07, 6.45) is 10.1. The smallest absolute Gasteiger partial charge is 0.240 e. The van der Waals surface area contributed by atoms with Gasteiger partial charge < -0.3 is 15.5 Å². The Labute approximate surface area is 171 Å². The largest absolute Gasteiger partial charge is 0.363 e. The summed E-state index contributed by atoms with van der Waals surface area (Å²) in [5, 5.41) is 6.71. The molecule has 5 heteroatoms. The van der Waals surface area contributed by atoms with Crippen molar-refractivity contribution in [1.29, 1.82) is 0 Å². The van der Waals surface area contributed by atoms with Gasteiger partial charge in [0.1, 0.15) is 0 Å². The van der Waals surface area contributed by atoms with E-state index in [2.05, 4.69) is 60.3 Å². The summed E-state index contributed by atoms with van der Waals surface area (Å²) in [4.78, 5) is 17.3. The maximum Gasteiger partial charge on any atom is 0.240 e. The van der Waals surface area contributed by atoms with Crippen LogP contribution in [0, 0.1) is 5.41 Å². The Morgan fingerprint density at radius 3 is 2.43 bits per heavy atom. The van der Waals surface area contributed by atoms with Crippen molar-refractivity contribution in [3.63, 3.8) is 0 Å². The summed E-state index contributed by atoms with van der Waals surface area (Å²) < 4.78 is 0. The summed E-state index contributed by atoms with van der Waals surface area (Å²) in [5.41, 5.74) is 3.15. The van der Waals surface area contributed by atoms with E-state index in [9.17, 15) is 4.79 Å². The van der Waals surface area contributed by atoms with Gasteiger partial charge in [-0.15, -0.1) is 0 Å². The Morgan fingerprint density at radius 2 is 1.79 bits per heavy atom. The molecule has 1 amide bonds. The van der Waals surface area contributed by atoms with Crippen molar-refractivity contribution < 1.29 is 4.79 Å². The van der Waals surface area contributed by atoms with Crippen molar-refractivity contribution in [3.05, 3.63) is 23.4 Å². The van der Waals surface area contributed by atoms with Crippen LogP contribution in [0.25, 0.3) is 0 Å². The lowest BCUT2D eigenvalue weighted by molar-refractivity contribution is -0.127. The van der Waals surface area contributed by atoms with Gasteiger partial charge >= 0.3 is 0 Å². The highest BCUT2D eigenvalue weighted by atomic mass is 16.2. The fourth-order valence-corrected chi connectivity index (χ4v) is 4.77. The van der Waals surface area contributed by atoms with Crippen LogP contribution in [-0.2, 0) is 4.79 Å². The van der Waals surface area contributed by atoms with Gasteiger partial charge in [0.15, 0.2) is 0 Å². The lowest BCUT2D eigenvalue weighted by atomic mass is 9.82. The molecule has 0 atom stereocenters. The molecule has 0 aromatic rings. The van der Waals surface area contributed by atoms with Crippen LogP contribution < -0.4 is 10.6 Å². The standard InChI is InChI=1S/C23H40N4O/c1-5-20(7-6-19(2)16-26-14-10-22(3,4)11-15-26)27-17-21(28)25-23(18-27)8-12-24-13-9-23/h6-7,24H,5,8-18H2,1-4H3,(H,25,28)/b19-6+,20-7+. The Balaban J connectivity index is 1.62. The van der Waals surface area contributed by atoms with Crippen molar-refractivity contribution in [2.75, 3.05) is 45.8 Å². The summed E-state index contributed by atoms with van der Waals surface area (Å²) in [6, 6.07) is 0. The number of carbonyl (C=O) groups excluding carboxylic acids is 1. The van der Waals surface area contributed by atoms with Crippen LogP contribution in [0.4, 0.5) is 0 Å². The van der Waals surface area contributed by atoms with Crippen LogP contribution in [0.5, 0.6) is 0 Å². The second-order valence-corrected chi connectivity index (χ2v) is 9.90. The first kappa shape index (κ1) is 21.4. The Bertz CT molecular complexity index is 606. The Kier molecular flexibility index (Phi) is 6.87. The molecule has 0 aliphatic carbocycles. The van der Waals surface area contributed by atoms with E-state index in [-0.39, 0.29) is 11.4 Å². The molecule has 0 unspecified atom stereocenters. The minimum Gasteiger partial charge on any atom is -0.363 e. The molecular weight excluding hydrogens is 348 g/mol. The number of allylic oxidation sites excluding steroid dienone is 3. The maximum absolute atomic E-state index is 12.4. The quantitative estimate of drug-likeness (QED) is 0.711. The molecule has 0 aromatic carbocycles. The average molecular weight is 389 g/mol. The van der Waals surface area contributed by atoms with E-state index in [4.69, 9.17) is 0 Å². The summed E-state index contributed by atoms with van der Waals surface area (Å²) in [5.74, 6) is 0.170. The molecule has 0 bridgehead atoms. The van der Waals surface area contributed by atoms with Crippen molar-refractivity contribution in [3.8, 4) is 0 Å². The average Bonchev–Trinajstić information content (AvgIpc) is 2.64. The molecule has 3 rings (SSSR count). The maximum atomic E-state index is 12.4. The molecule has 0 saturated carbocycles. The molecule has 5 nitrogen and oxygen atoms in total. The molecule has 0 radical (unpaired) electrons. The molecule has 3 saturated heterocycles. The third-order valence-electron chi connectivity index (χ3n) is 6.80. The van der Waals surface area contributed by atoms with E-state index in [0.29, 0.717) is 12.0 Å². The zero-order chi connectivity index (χ0) is 20.2. The van der Waals surface area contributed by atoms with Crippen molar-refractivity contribution in [2.45, 2.75) is 65.3 Å². The predicted octanol–water partition coefficient (Wildman–Crippen LogP) is 2.90. The van der Waals surface area contributed by atoms with E-state index in [1.807, 2.05) is 0 Å². The van der Waals surface area contributed by atoms with E-state index in [0.717, 1.165) is 45.4 Å². The van der Waals surface area contributed by atoms with Gasteiger partial charge in [-0.25, -0.2) is 0 Å². The number of piperidine rings is 2. The molecule has 3 heterocycles. The Morgan fingerprint density at radius 1 is 1.11 bits per heavy atom. The SMILES string of the molecule is CC/C(=C\C=C(/C)CN1CCC(C)(C)CC1)N1CC(=O)NC2(CCNCC2)C1. The van der Waals surface area contributed by atoms with Gasteiger partial charge in [-0.05, 0) is 76.7 Å². The molecule has 3 fully saturated rings. The minimum atomic E-state index is -0.0474. The van der Waals surface area contributed by atoms with Crippen molar-refractivity contribution in [1.82, 2.24) is 20.4 Å². The number of piperazine rings is 1. The van der Waals surface area contributed by atoms with Crippen LogP contribution in [0.2, 0.25) is 0 Å². The number of hydrogen-bond acceptors (Lipinski definition) is 4. The van der Waals surface area contributed by atoms with Gasteiger partial charge in [0.2, 0.25) is 5.91 Å². The molecule has 158 valence electrons. The van der Waals surface area contributed by atoms with Crippen molar-refractivity contribution >= 4 is 5.91 Å². The van der Waals surface area contributed by atoms with Crippen LogP contribution in [0.1, 0.15) is 59.8 Å². The molecule has 3 aliphatic rings. The van der Waals surface area contributed by atoms with E-state index >= 15 is 0 Å². The van der Waals surface area contributed by atoms with E-state index < -0.39 is 0 Å². The molecule has 1 spiro atoms. The van der Waals surface area contributed by atoms with Crippen LogP contribution in [0.15, 0.2) is 23.4 Å². The highest BCUT2D eigenvalue weighted by Gasteiger charge is 2.39. The monoisotopic (exact) mass is 388 g/mol. The first-order valence-corrected chi connectivity index (χ1v) is 11.2. The van der Waals surface area contributed by atoms with Crippen LogP contribution in [-0.4, -0.2) is 67.1 Å². The second kappa shape index (κ2) is 9.00. The Hall–Kier alpha value is -1.33. The molecule has 0 aromatic heterocycles.